The molecule has 2 rings (SSSR count). The molecule has 0 aromatic heterocycles. The molecule has 0 spiro atoms. The lowest BCUT2D eigenvalue weighted by molar-refractivity contribution is -0.113. The molecule has 1 fully saturated rings. The molecule has 0 aromatic rings. The first-order chi connectivity index (χ1) is 5.70. The van der Waals surface area contributed by atoms with E-state index in [-0.39, 0.29) is 5.78 Å². The Morgan fingerprint density at radius 1 is 1.58 bits per heavy atom. The van der Waals surface area contributed by atoms with Crippen LogP contribution in [0.2, 0.25) is 0 Å². The van der Waals surface area contributed by atoms with Crippen LogP contribution in [-0.2, 0) is 4.79 Å². The molecule has 1 saturated carbocycles. The Bertz CT molecular complexity index is 255. The molecular formula is C9H13NOS. The third-order valence-corrected chi connectivity index (χ3v) is 3.69. The summed E-state index contributed by atoms with van der Waals surface area (Å²) in [5.41, 5.74) is 1.20. The van der Waals surface area contributed by atoms with E-state index in [0.717, 1.165) is 16.8 Å². The Balaban J connectivity index is 2.17. The summed E-state index contributed by atoms with van der Waals surface area (Å²) >= 11 is 1.69. The van der Waals surface area contributed by atoms with Crippen molar-refractivity contribution in [1.29, 1.82) is 0 Å². The van der Waals surface area contributed by atoms with Crippen molar-refractivity contribution < 1.29 is 4.79 Å². The number of Topliss-reactive ketones (excluding diaryl/α,β-unsaturated/α-hetero) is 1. The van der Waals surface area contributed by atoms with Crippen LogP contribution in [0.4, 0.5) is 0 Å². The number of rotatable bonds is 2. The van der Waals surface area contributed by atoms with Gasteiger partial charge >= 0.3 is 0 Å². The van der Waals surface area contributed by atoms with E-state index >= 15 is 0 Å². The van der Waals surface area contributed by atoms with Gasteiger partial charge in [0.1, 0.15) is 0 Å². The number of hydrogen-bond acceptors (Lipinski definition) is 3. The molecule has 0 radical (unpaired) electrons. The van der Waals surface area contributed by atoms with Crippen molar-refractivity contribution in [3.63, 3.8) is 0 Å². The van der Waals surface area contributed by atoms with Gasteiger partial charge in [0.25, 0.3) is 0 Å². The van der Waals surface area contributed by atoms with Crippen molar-refractivity contribution in [3.8, 4) is 0 Å². The van der Waals surface area contributed by atoms with Crippen LogP contribution in [0.5, 0.6) is 0 Å². The van der Waals surface area contributed by atoms with E-state index in [9.17, 15) is 4.79 Å². The van der Waals surface area contributed by atoms with Crippen molar-refractivity contribution in [1.82, 2.24) is 4.90 Å². The zero-order valence-corrected chi connectivity index (χ0v) is 8.28. The summed E-state index contributed by atoms with van der Waals surface area (Å²) in [6.07, 6.45) is 2.62. The summed E-state index contributed by atoms with van der Waals surface area (Å²) in [5.74, 6) is 1.21. The lowest BCUT2D eigenvalue weighted by Gasteiger charge is -2.17. The first kappa shape index (κ1) is 8.17. The number of carbonyl (C=O) groups excluding carboxylic acids is 1. The third-order valence-electron chi connectivity index (χ3n) is 2.41. The van der Waals surface area contributed by atoms with Crippen molar-refractivity contribution in [2.45, 2.75) is 32.7 Å². The highest BCUT2D eigenvalue weighted by molar-refractivity contribution is 8.04. The quantitative estimate of drug-likeness (QED) is 0.653. The van der Waals surface area contributed by atoms with E-state index < -0.39 is 0 Å². The standard InChI is InChI=1S/C9H13NOS/c1-6-9(7(2)11)12-5-10(6)8-3-4-8/h8H,3-5H2,1-2H3. The largest absolute Gasteiger partial charge is 0.361 e. The Labute approximate surface area is 77.0 Å². The molecular weight excluding hydrogens is 170 g/mol. The monoisotopic (exact) mass is 183 g/mol. The minimum atomic E-state index is 0.223. The van der Waals surface area contributed by atoms with E-state index in [1.54, 1.807) is 18.7 Å². The van der Waals surface area contributed by atoms with E-state index in [1.807, 2.05) is 0 Å². The molecule has 0 bridgehead atoms. The van der Waals surface area contributed by atoms with Gasteiger partial charge in [0, 0.05) is 11.7 Å². The van der Waals surface area contributed by atoms with Crippen LogP contribution in [-0.4, -0.2) is 22.6 Å². The van der Waals surface area contributed by atoms with Crippen molar-refractivity contribution in [3.05, 3.63) is 10.6 Å². The number of hydrogen-bond donors (Lipinski definition) is 0. The maximum atomic E-state index is 11.1. The van der Waals surface area contributed by atoms with Gasteiger partial charge < -0.3 is 4.90 Å². The van der Waals surface area contributed by atoms with Gasteiger partial charge in [-0.3, -0.25) is 4.79 Å². The molecule has 0 saturated heterocycles. The van der Waals surface area contributed by atoms with E-state index in [0.29, 0.717) is 0 Å². The second kappa shape index (κ2) is 2.80. The fraction of sp³-hybridized carbons (Fsp3) is 0.667. The zero-order chi connectivity index (χ0) is 8.72. The smallest absolute Gasteiger partial charge is 0.167 e. The summed E-state index contributed by atoms with van der Waals surface area (Å²) in [5, 5.41) is 0. The van der Waals surface area contributed by atoms with Crippen LogP contribution in [0.25, 0.3) is 0 Å². The zero-order valence-electron chi connectivity index (χ0n) is 7.46. The molecule has 2 nitrogen and oxygen atoms in total. The predicted molar refractivity (Wildman–Crippen MR) is 50.7 cm³/mol. The van der Waals surface area contributed by atoms with Crippen LogP contribution >= 0.6 is 11.8 Å². The summed E-state index contributed by atoms with van der Waals surface area (Å²) in [7, 11) is 0. The summed E-state index contributed by atoms with van der Waals surface area (Å²) in [6.45, 7) is 3.72. The van der Waals surface area contributed by atoms with Gasteiger partial charge in [-0.05, 0) is 26.7 Å². The molecule has 0 N–H and O–H groups in total. The van der Waals surface area contributed by atoms with Gasteiger partial charge in [-0.1, -0.05) is 11.8 Å². The van der Waals surface area contributed by atoms with Crippen molar-refractivity contribution >= 4 is 17.5 Å². The van der Waals surface area contributed by atoms with Crippen molar-refractivity contribution in [2.24, 2.45) is 0 Å². The SMILES string of the molecule is CC(=O)C1=C(C)N(C2CC2)CS1. The van der Waals surface area contributed by atoms with Gasteiger partial charge in [-0.2, -0.15) is 0 Å². The van der Waals surface area contributed by atoms with Gasteiger partial charge in [0.05, 0.1) is 10.8 Å². The Hall–Kier alpha value is -0.440. The second-order valence-corrected chi connectivity index (χ2v) is 4.40. The maximum Gasteiger partial charge on any atom is 0.167 e. The average Bonchev–Trinajstić information content (AvgIpc) is 2.75. The van der Waals surface area contributed by atoms with Gasteiger partial charge in [-0.25, -0.2) is 0 Å². The first-order valence-electron chi connectivity index (χ1n) is 4.31. The second-order valence-electron chi connectivity index (χ2n) is 3.45. The number of thioether (sulfide) groups is 1. The highest BCUT2D eigenvalue weighted by Gasteiger charge is 2.34. The molecule has 0 atom stereocenters. The number of nitrogens with zero attached hydrogens (tertiary/aromatic N) is 1. The van der Waals surface area contributed by atoms with Crippen LogP contribution in [0.3, 0.4) is 0 Å². The third kappa shape index (κ3) is 1.26. The average molecular weight is 183 g/mol. The molecule has 2 aliphatic rings. The van der Waals surface area contributed by atoms with Gasteiger partial charge in [0.2, 0.25) is 0 Å². The fourth-order valence-electron chi connectivity index (χ4n) is 1.59. The first-order valence-corrected chi connectivity index (χ1v) is 5.30. The number of allylic oxidation sites excluding steroid dienone is 2. The van der Waals surface area contributed by atoms with E-state index in [4.69, 9.17) is 0 Å². The summed E-state index contributed by atoms with van der Waals surface area (Å²) in [6, 6.07) is 0.745. The lowest BCUT2D eigenvalue weighted by Crippen LogP contribution is -2.19. The van der Waals surface area contributed by atoms with Crippen molar-refractivity contribution in [2.75, 3.05) is 5.88 Å². The predicted octanol–water partition coefficient (Wildman–Crippen LogP) is 1.98. The Morgan fingerprint density at radius 2 is 2.25 bits per heavy atom. The highest BCUT2D eigenvalue weighted by Crippen LogP contribution is 2.40. The van der Waals surface area contributed by atoms with Crippen LogP contribution < -0.4 is 0 Å². The van der Waals surface area contributed by atoms with Gasteiger partial charge in [0.15, 0.2) is 5.78 Å². The van der Waals surface area contributed by atoms with Crippen LogP contribution in [0.15, 0.2) is 10.6 Å². The van der Waals surface area contributed by atoms with Gasteiger partial charge in [-0.15, -0.1) is 0 Å². The topological polar surface area (TPSA) is 20.3 Å². The van der Waals surface area contributed by atoms with E-state index in [2.05, 4.69) is 11.8 Å². The molecule has 0 aromatic carbocycles. The number of carbonyl (C=O) groups is 1. The maximum absolute atomic E-state index is 11.1. The normalized spacial score (nSPS) is 23.7. The number of ketones is 1. The minimum Gasteiger partial charge on any atom is -0.361 e. The minimum absolute atomic E-state index is 0.223. The van der Waals surface area contributed by atoms with Crippen LogP contribution in [0.1, 0.15) is 26.7 Å². The summed E-state index contributed by atoms with van der Waals surface area (Å²) < 4.78 is 0. The Morgan fingerprint density at radius 3 is 2.67 bits per heavy atom. The highest BCUT2D eigenvalue weighted by atomic mass is 32.2. The van der Waals surface area contributed by atoms with E-state index in [1.165, 1.54) is 18.5 Å². The lowest BCUT2D eigenvalue weighted by atomic mass is 10.3. The molecule has 66 valence electrons. The molecule has 1 heterocycles. The molecule has 12 heavy (non-hydrogen) atoms. The molecule has 1 aliphatic carbocycles. The molecule has 3 heteroatoms. The molecule has 0 unspecified atom stereocenters. The molecule has 1 aliphatic heterocycles. The fourth-order valence-corrected chi connectivity index (χ4v) is 2.79. The summed E-state index contributed by atoms with van der Waals surface area (Å²) in [4.78, 5) is 14.5. The van der Waals surface area contributed by atoms with Crippen LogP contribution in [0, 0.1) is 0 Å². The molecule has 0 amide bonds. The Kier molecular flexibility index (Phi) is 1.91.